The van der Waals surface area contributed by atoms with Gasteiger partial charge in [-0.05, 0) is 44.7 Å². The number of aryl methyl sites for hydroxylation is 1. The summed E-state index contributed by atoms with van der Waals surface area (Å²) in [5.41, 5.74) is 2.68. The van der Waals surface area contributed by atoms with Crippen molar-refractivity contribution in [1.82, 2.24) is 15.5 Å². The number of benzene rings is 1. The van der Waals surface area contributed by atoms with Crippen LogP contribution in [0.2, 0.25) is 0 Å². The van der Waals surface area contributed by atoms with Crippen molar-refractivity contribution in [1.29, 1.82) is 0 Å². The fourth-order valence-corrected chi connectivity index (χ4v) is 3.09. The van der Waals surface area contributed by atoms with E-state index in [0.717, 1.165) is 18.9 Å². The number of hydrogen-bond acceptors (Lipinski definition) is 2. The Labute approximate surface area is 164 Å². The van der Waals surface area contributed by atoms with E-state index in [0.29, 0.717) is 6.04 Å². The number of nitrogens with one attached hydrogen (secondary N) is 2. The molecule has 1 heterocycles. The van der Waals surface area contributed by atoms with E-state index in [4.69, 9.17) is 0 Å². The van der Waals surface area contributed by atoms with Gasteiger partial charge in [-0.15, -0.1) is 24.0 Å². The number of rotatable bonds is 6. The van der Waals surface area contributed by atoms with Gasteiger partial charge >= 0.3 is 0 Å². The second kappa shape index (κ2) is 11.7. The molecule has 2 N–H and O–H groups in total. The highest BCUT2D eigenvalue weighted by Crippen LogP contribution is 2.10. The number of piperidine rings is 1. The second-order valence-electron chi connectivity index (χ2n) is 6.49. The van der Waals surface area contributed by atoms with Crippen molar-refractivity contribution in [2.24, 2.45) is 4.99 Å². The second-order valence-corrected chi connectivity index (χ2v) is 6.49. The molecule has 0 bridgehead atoms. The molecule has 1 aliphatic rings. The van der Waals surface area contributed by atoms with E-state index in [1.165, 1.54) is 50.0 Å². The minimum atomic E-state index is 0. The lowest BCUT2D eigenvalue weighted by Gasteiger charge is -2.32. The van der Waals surface area contributed by atoms with E-state index < -0.39 is 0 Å². The monoisotopic (exact) mass is 444 g/mol. The summed E-state index contributed by atoms with van der Waals surface area (Å²) in [6.07, 6.45) is 4.69. The molecular formula is C19H33IN4. The molecule has 0 aromatic heterocycles. The van der Waals surface area contributed by atoms with Gasteiger partial charge in [0.25, 0.3) is 0 Å². The van der Waals surface area contributed by atoms with E-state index in [-0.39, 0.29) is 24.0 Å². The van der Waals surface area contributed by atoms with Crippen LogP contribution in [0.4, 0.5) is 0 Å². The molecule has 2 rings (SSSR count). The van der Waals surface area contributed by atoms with Crippen molar-refractivity contribution in [3.05, 3.63) is 35.4 Å². The van der Waals surface area contributed by atoms with Gasteiger partial charge < -0.3 is 15.5 Å². The molecule has 0 radical (unpaired) electrons. The Balaban J connectivity index is 0.00000288. The first-order valence-electron chi connectivity index (χ1n) is 8.96. The third kappa shape index (κ3) is 7.38. The summed E-state index contributed by atoms with van der Waals surface area (Å²) in [6.45, 7) is 8.93. The molecule has 0 spiro atoms. The first kappa shape index (κ1) is 21.2. The van der Waals surface area contributed by atoms with Crippen LogP contribution in [0, 0.1) is 6.92 Å². The van der Waals surface area contributed by atoms with Crippen LogP contribution in [-0.4, -0.2) is 50.1 Å². The lowest BCUT2D eigenvalue weighted by atomic mass is 10.1. The molecule has 4 nitrogen and oxygen atoms in total. The van der Waals surface area contributed by atoms with Gasteiger partial charge in [0.1, 0.15) is 0 Å². The molecule has 1 aliphatic heterocycles. The molecular weight excluding hydrogens is 411 g/mol. The molecule has 0 amide bonds. The maximum atomic E-state index is 4.36. The maximum Gasteiger partial charge on any atom is 0.191 e. The molecule has 0 aliphatic carbocycles. The van der Waals surface area contributed by atoms with Gasteiger partial charge in [-0.25, -0.2) is 0 Å². The zero-order valence-electron chi connectivity index (χ0n) is 15.3. The standard InChI is InChI=1S/C19H32N4.HI/c1-4-13-23-14-10-18(11-15-23)22-19(20-3)21-12-9-17-7-5-16(2)6-8-17;/h5-8,18H,4,9-15H2,1-3H3,(H2,20,21,22);1H. The van der Waals surface area contributed by atoms with E-state index in [9.17, 15) is 0 Å². The van der Waals surface area contributed by atoms with Gasteiger partial charge in [0.15, 0.2) is 5.96 Å². The van der Waals surface area contributed by atoms with Gasteiger partial charge in [-0.2, -0.15) is 0 Å². The van der Waals surface area contributed by atoms with Crippen LogP contribution in [0.3, 0.4) is 0 Å². The van der Waals surface area contributed by atoms with Crippen LogP contribution in [0.5, 0.6) is 0 Å². The highest BCUT2D eigenvalue weighted by molar-refractivity contribution is 14.0. The number of likely N-dealkylation sites (tertiary alicyclic amines) is 1. The fraction of sp³-hybridized carbons (Fsp3) is 0.632. The average molecular weight is 444 g/mol. The number of nitrogens with zero attached hydrogens (tertiary/aromatic N) is 2. The minimum Gasteiger partial charge on any atom is -0.356 e. The van der Waals surface area contributed by atoms with Crippen LogP contribution in [0.15, 0.2) is 29.3 Å². The van der Waals surface area contributed by atoms with Gasteiger partial charge in [0.2, 0.25) is 0 Å². The van der Waals surface area contributed by atoms with Crippen LogP contribution < -0.4 is 10.6 Å². The number of hydrogen-bond donors (Lipinski definition) is 2. The Morgan fingerprint density at radius 1 is 1.21 bits per heavy atom. The zero-order valence-corrected chi connectivity index (χ0v) is 17.7. The first-order valence-corrected chi connectivity index (χ1v) is 8.96. The summed E-state index contributed by atoms with van der Waals surface area (Å²) < 4.78 is 0. The lowest BCUT2D eigenvalue weighted by Crippen LogP contribution is -2.49. The quantitative estimate of drug-likeness (QED) is 0.402. The molecule has 0 atom stereocenters. The summed E-state index contributed by atoms with van der Waals surface area (Å²) in [4.78, 5) is 6.92. The summed E-state index contributed by atoms with van der Waals surface area (Å²) in [6, 6.07) is 9.31. The average Bonchev–Trinajstić information content (AvgIpc) is 2.57. The number of guanidine groups is 1. The van der Waals surface area contributed by atoms with Crippen molar-refractivity contribution < 1.29 is 0 Å². The van der Waals surface area contributed by atoms with Crippen molar-refractivity contribution in [3.8, 4) is 0 Å². The van der Waals surface area contributed by atoms with Crippen molar-refractivity contribution in [3.63, 3.8) is 0 Å². The van der Waals surface area contributed by atoms with Gasteiger partial charge in [-0.3, -0.25) is 4.99 Å². The predicted molar refractivity (Wildman–Crippen MR) is 115 cm³/mol. The van der Waals surface area contributed by atoms with Crippen LogP contribution >= 0.6 is 24.0 Å². The highest BCUT2D eigenvalue weighted by Gasteiger charge is 2.19. The predicted octanol–water partition coefficient (Wildman–Crippen LogP) is 3.19. The van der Waals surface area contributed by atoms with Crippen molar-refractivity contribution >= 4 is 29.9 Å². The van der Waals surface area contributed by atoms with Crippen LogP contribution in [0.1, 0.15) is 37.3 Å². The summed E-state index contributed by atoms with van der Waals surface area (Å²) >= 11 is 0. The number of aliphatic imine (C=N–C) groups is 1. The van der Waals surface area contributed by atoms with E-state index in [1.807, 2.05) is 7.05 Å². The molecule has 1 fully saturated rings. The summed E-state index contributed by atoms with van der Waals surface area (Å²) in [7, 11) is 1.85. The summed E-state index contributed by atoms with van der Waals surface area (Å²) in [5, 5.41) is 7.02. The van der Waals surface area contributed by atoms with Gasteiger partial charge in [0, 0.05) is 32.7 Å². The van der Waals surface area contributed by atoms with Gasteiger partial charge in [0.05, 0.1) is 0 Å². The lowest BCUT2D eigenvalue weighted by molar-refractivity contribution is 0.206. The molecule has 24 heavy (non-hydrogen) atoms. The first-order chi connectivity index (χ1) is 11.2. The SMILES string of the molecule is CCCN1CCC(NC(=NC)NCCc2ccc(C)cc2)CC1.I. The molecule has 1 aromatic carbocycles. The fourth-order valence-electron chi connectivity index (χ4n) is 3.09. The third-order valence-corrected chi connectivity index (χ3v) is 4.52. The van der Waals surface area contributed by atoms with Crippen molar-refractivity contribution in [2.75, 3.05) is 33.2 Å². The van der Waals surface area contributed by atoms with Crippen LogP contribution in [0.25, 0.3) is 0 Å². The smallest absolute Gasteiger partial charge is 0.191 e. The highest BCUT2D eigenvalue weighted by atomic mass is 127. The third-order valence-electron chi connectivity index (χ3n) is 4.52. The molecule has 1 aromatic rings. The van der Waals surface area contributed by atoms with Crippen LogP contribution in [-0.2, 0) is 6.42 Å². The largest absolute Gasteiger partial charge is 0.356 e. The Bertz CT molecular complexity index is 479. The van der Waals surface area contributed by atoms with E-state index in [2.05, 4.69) is 58.6 Å². The molecule has 136 valence electrons. The summed E-state index contributed by atoms with van der Waals surface area (Å²) in [5.74, 6) is 0.936. The molecule has 1 saturated heterocycles. The minimum absolute atomic E-state index is 0. The molecule has 5 heteroatoms. The Morgan fingerprint density at radius 2 is 1.88 bits per heavy atom. The van der Waals surface area contributed by atoms with E-state index >= 15 is 0 Å². The van der Waals surface area contributed by atoms with Crippen molar-refractivity contribution in [2.45, 2.75) is 45.6 Å². The van der Waals surface area contributed by atoms with E-state index in [1.54, 1.807) is 0 Å². The van der Waals surface area contributed by atoms with Gasteiger partial charge in [-0.1, -0.05) is 36.8 Å². The Morgan fingerprint density at radius 3 is 2.46 bits per heavy atom. The zero-order chi connectivity index (χ0) is 16.5. The Hall–Kier alpha value is -0.820. The topological polar surface area (TPSA) is 39.7 Å². The molecule has 0 saturated carbocycles. The normalized spacial score (nSPS) is 16.5. The number of halogens is 1. The maximum absolute atomic E-state index is 4.36. The Kier molecular flexibility index (Phi) is 10.3. The molecule has 0 unspecified atom stereocenters.